The van der Waals surface area contributed by atoms with E-state index in [9.17, 15) is 24.3 Å². The van der Waals surface area contributed by atoms with Gasteiger partial charge in [-0.2, -0.15) is 74.3 Å². The molecule has 5 unspecified atom stereocenters. The van der Waals surface area contributed by atoms with E-state index < -0.39 is 29.5 Å². The minimum atomic E-state index is -1.19. The number of hydrogen-bond donors (Lipinski definition) is 2. The lowest BCUT2D eigenvalue weighted by Gasteiger charge is -2.37. The van der Waals surface area contributed by atoms with E-state index in [-0.39, 0.29) is 79.0 Å². The van der Waals surface area contributed by atoms with Gasteiger partial charge in [0.05, 0.1) is 108 Å². The molecule has 6 aliphatic rings. The van der Waals surface area contributed by atoms with Crippen LogP contribution in [0.4, 0.5) is 34.1 Å². The zero-order valence-electron chi connectivity index (χ0n) is 82.4. The molecule has 3 N–H and O–H groups in total. The van der Waals surface area contributed by atoms with Crippen LogP contribution in [0.1, 0.15) is 76.4 Å². The molecule has 0 saturated carbocycles. The van der Waals surface area contributed by atoms with Gasteiger partial charge in [0.15, 0.2) is 5.78 Å². The Morgan fingerprint density at radius 1 is 0.372 bits per heavy atom. The summed E-state index contributed by atoms with van der Waals surface area (Å²) in [4.78, 5) is 68.9. The molecule has 6 aromatic heterocycles. The lowest BCUT2D eigenvalue weighted by Crippen LogP contribution is -2.46. The topological polar surface area (TPSA) is 377 Å². The summed E-state index contributed by atoms with van der Waals surface area (Å²) in [6.45, 7) is 23.5. The molecule has 0 spiro atoms. The van der Waals surface area contributed by atoms with Crippen LogP contribution in [-0.4, -0.2) is 248 Å². The molecular formula is C105H115Cl4N25O14. The summed E-state index contributed by atoms with van der Waals surface area (Å²) in [5.74, 6) is -1.22. The number of benzene rings is 9. The average Bonchev–Trinajstić information content (AvgIpc) is 1.61. The Morgan fingerprint density at radius 3 is 0.953 bits per heavy atom. The largest absolute Gasteiger partial charge is 0.491 e. The molecule has 6 fully saturated rings. The summed E-state index contributed by atoms with van der Waals surface area (Å²) in [6.07, 6.45) is 12.5. The molecule has 11 atom stereocenters. The number of ketones is 1. The van der Waals surface area contributed by atoms with E-state index in [0.717, 1.165) is 141 Å². The van der Waals surface area contributed by atoms with Gasteiger partial charge in [-0.3, -0.25) is 18.5 Å². The fourth-order valence-electron chi connectivity index (χ4n) is 18.6. The molecule has 43 heteroatoms. The predicted octanol–water partition coefficient (Wildman–Crippen LogP) is 12.5. The van der Waals surface area contributed by atoms with Gasteiger partial charge in [0, 0.05) is 145 Å². The van der Waals surface area contributed by atoms with Gasteiger partial charge in [-0.1, -0.05) is 88.9 Å². The molecule has 15 aromatic rings. The first-order valence-corrected chi connectivity index (χ1v) is 50.6. The summed E-state index contributed by atoms with van der Waals surface area (Å²) in [6, 6.07) is 67.0. The maximum atomic E-state index is 12.9. The van der Waals surface area contributed by atoms with Crippen LogP contribution in [0, 0.1) is 0 Å². The summed E-state index contributed by atoms with van der Waals surface area (Å²) < 4.78 is 65.0. The van der Waals surface area contributed by atoms with Gasteiger partial charge < -0.3 is 82.9 Å². The van der Waals surface area contributed by atoms with E-state index in [0.29, 0.717) is 82.2 Å². The number of aromatic nitrogens is 18. The van der Waals surface area contributed by atoms with Crippen molar-refractivity contribution in [3.05, 3.63) is 337 Å². The minimum absolute atomic E-state index is 0.0969. The van der Waals surface area contributed by atoms with Crippen LogP contribution >= 0.6 is 46.4 Å². The first-order valence-electron chi connectivity index (χ1n) is 49.1. The molecule has 0 bridgehead atoms. The minimum Gasteiger partial charge on any atom is -0.491 e. The maximum absolute atomic E-state index is 12.9. The number of aliphatic hydroxyl groups is 1. The number of anilines is 6. The highest BCUT2D eigenvalue weighted by molar-refractivity contribution is 6.35. The van der Waals surface area contributed by atoms with Crippen LogP contribution in [0.3, 0.4) is 0 Å². The Hall–Kier alpha value is -14.1. The van der Waals surface area contributed by atoms with E-state index in [1.807, 2.05) is 153 Å². The first kappa shape index (κ1) is 103. The van der Waals surface area contributed by atoms with E-state index in [2.05, 4.69) is 112 Å². The van der Waals surface area contributed by atoms with E-state index in [4.69, 9.17) is 94.8 Å². The van der Waals surface area contributed by atoms with Crippen molar-refractivity contribution in [3.63, 3.8) is 0 Å². The number of ether oxygens (including phenoxy) is 9. The number of nitrogens with zero attached hydrogens (tertiary/aromatic N) is 24. The summed E-state index contributed by atoms with van der Waals surface area (Å²) >= 11 is 25.5. The van der Waals surface area contributed by atoms with Crippen molar-refractivity contribution in [3.8, 4) is 34.3 Å². The van der Waals surface area contributed by atoms with E-state index >= 15 is 0 Å². The highest BCUT2D eigenvalue weighted by Gasteiger charge is 2.49. The van der Waals surface area contributed by atoms with Crippen molar-refractivity contribution in [1.82, 2.24) is 88.0 Å². The van der Waals surface area contributed by atoms with Crippen LogP contribution in [0.25, 0.3) is 17.1 Å². The number of hydrogen-bond acceptors (Lipinski definition) is 30. The monoisotopic (exact) mass is 2090 g/mol. The number of halogens is 4. The van der Waals surface area contributed by atoms with Crippen LogP contribution in [0.2, 0.25) is 20.1 Å². The average molecular weight is 2090 g/mol. The third kappa shape index (κ3) is 23.4. The normalized spacial score (nSPS) is 20.5. The van der Waals surface area contributed by atoms with Crippen LogP contribution in [0.5, 0.6) is 17.2 Å². The van der Waals surface area contributed by atoms with E-state index in [1.54, 1.807) is 110 Å². The molecule has 6 aliphatic heterocycles. The van der Waals surface area contributed by atoms with Crippen molar-refractivity contribution in [2.24, 2.45) is 5.73 Å². The molecule has 21 rings (SSSR count). The third-order valence-electron chi connectivity index (χ3n) is 27.5. The summed E-state index contributed by atoms with van der Waals surface area (Å²) in [5, 5.41) is 50.0. The number of carbonyl (C=O) groups is 1. The van der Waals surface area contributed by atoms with Gasteiger partial charge in [-0.15, -0.1) is 0 Å². The van der Waals surface area contributed by atoms with Crippen molar-refractivity contribution < 1.29 is 52.5 Å². The molecular weight excluding hydrogens is 1980 g/mol. The second-order valence-electron chi connectivity index (χ2n) is 37.2. The number of Topliss-reactive ketones (excluding diaryl/α,β-unsaturated/α-hetero) is 1. The maximum Gasteiger partial charge on any atom is 0.351 e. The number of rotatable bonds is 33. The fraction of sp³-hybridized carbons (Fsp3) is 0.362. The van der Waals surface area contributed by atoms with E-state index in [1.165, 1.54) is 52.4 Å². The highest BCUT2D eigenvalue weighted by Crippen LogP contribution is 2.44. The second kappa shape index (κ2) is 45.7. The molecule has 6 saturated heterocycles. The van der Waals surface area contributed by atoms with Gasteiger partial charge in [-0.25, -0.2) is 14.4 Å². The van der Waals surface area contributed by atoms with Gasteiger partial charge in [0.2, 0.25) is 17.4 Å². The predicted molar refractivity (Wildman–Crippen MR) is 560 cm³/mol. The Balaban J connectivity index is 0.000000140. The van der Waals surface area contributed by atoms with Gasteiger partial charge >= 0.3 is 17.1 Å². The van der Waals surface area contributed by atoms with Crippen LogP contribution in [-0.2, 0) is 70.2 Å². The van der Waals surface area contributed by atoms with Crippen LogP contribution in [0.15, 0.2) is 283 Å². The number of nitrogens with two attached hydrogens (primary N) is 1. The smallest absolute Gasteiger partial charge is 0.351 e. The van der Waals surface area contributed by atoms with Crippen molar-refractivity contribution in [2.75, 3.05) is 148 Å². The molecule has 0 aliphatic carbocycles. The highest BCUT2D eigenvalue weighted by atomic mass is 35.5. The van der Waals surface area contributed by atoms with Gasteiger partial charge in [-0.05, 0) is 211 Å². The lowest BCUT2D eigenvalue weighted by atomic mass is 10.1. The fourth-order valence-corrected chi connectivity index (χ4v) is 19.7. The van der Waals surface area contributed by atoms with Crippen LogP contribution < -0.4 is 66.4 Å². The molecule has 148 heavy (non-hydrogen) atoms. The van der Waals surface area contributed by atoms with Gasteiger partial charge in [0.1, 0.15) is 94.0 Å². The molecule has 12 heterocycles. The zero-order valence-corrected chi connectivity index (χ0v) is 85.5. The van der Waals surface area contributed by atoms with Crippen molar-refractivity contribution in [1.29, 1.82) is 0 Å². The Kier molecular flexibility index (Phi) is 31.7. The third-order valence-corrected chi connectivity index (χ3v) is 28.6. The summed E-state index contributed by atoms with van der Waals surface area (Å²) in [5.41, 5.74) is 16.1. The zero-order chi connectivity index (χ0) is 103. The van der Waals surface area contributed by atoms with Crippen molar-refractivity contribution in [2.45, 2.75) is 127 Å². The molecule has 9 aromatic carbocycles. The molecule has 0 amide bonds. The number of piperazine rings is 3. The number of carbonyl (C=O) groups excluding carboxylic acids is 1. The quantitative estimate of drug-likeness (QED) is 0.0386. The standard InChI is InChI=1S/C35H39Cl2N9O4.C35H36Cl2N8O5.C35H40N8O5/c1-24(38)25(2)44-23-41-46(34(44)47)29-6-4-27(5-7-29)42-15-17-43(18-16-42)28-8-10-30(11-9-28)48-20-31-21-49-35(50-31,22-45-39-13-14-40-45)32-12-3-26(36)19-33(32)37;1-24(25(2)46)43-23-40-45(34(43)47)29-6-4-27(5-7-29)41-15-17-42(18-16-41)28-8-10-30(11-9-28)48-20-31-21-49-35(50-31,22-44-38-13-14-39-44)32-12-3-26(36)19-33(32)37;1-26(27(2)44)41-25-38-43(34(41)45)31-10-8-29(9-11-31)39-18-20-40(21-19-39)30-12-14-32(15-13-30)46-22-33-23-47-35(48-33,24-42-36-16-17-37-42)28-6-4-3-5-7-28/h3-14,19,23-25,31H,15-18,20-22,38H2,1-2H3;3-14,19,23-24,31H,15-18,20-22H2,1-2H3;3-17,25-27,33,44H,18-24H2,1-2H3/t24?,25?,31-,35-;24?,31-,35-;26?,27?,33-,35-/m111/s1. The SMILES string of the molecule is CC(=O)C(C)n1cnn(-c2ccc(N3CCN(c4ccc(OC[C@@H]5CO[C@@](Cn6nccn6)(c6ccc(Cl)cc6Cl)O5)cc4)CC3)cc2)c1=O.CC(N)C(C)n1cnn(-c2ccc(N3CCN(c4ccc(OC[C@@H]5CO[C@@](Cn6nccn6)(c6ccc(Cl)cc6Cl)O5)cc4)CC3)cc2)c1=O.CC(O)C(C)n1cnn(-c2ccc(N3CCN(c4ccc(OC[C@@H]5CO[C@@](Cn6nccn6)(c6ccccc6)O5)cc4)CC3)cc2)c1=O. The Morgan fingerprint density at radius 2 is 0.649 bits per heavy atom. The molecule has 0 radical (unpaired) electrons. The second-order valence-corrected chi connectivity index (χ2v) is 38.8. The Labute approximate surface area is 873 Å². The van der Waals surface area contributed by atoms with Gasteiger partial charge in [0.25, 0.3) is 0 Å². The molecule has 772 valence electrons. The summed E-state index contributed by atoms with van der Waals surface area (Å²) in [7, 11) is 0. The van der Waals surface area contributed by atoms with Crippen molar-refractivity contribution >= 4 is 86.3 Å². The number of aliphatic hydroxyl groups excluding tert-OH is 1. The Bertz CT molecular complexity index is 7090. The first-order chi connectivity index (χ1) is 71.8. The lowest BCUT2D eigenvalue weighted by molar-refractivity contribution is -0.192. The molecule has 39 nitrogen and oxygen atoms in total.